The molecule has 1 aromatic heterocycles. The maximum Gasteiger partial charge on any atom is 0.342 e. The Labute approximate surface area is 219 Å². The van der Waals surface area contributed by atoms with Crippen LogP contribution in [-0.4, -0.2) is 41.8 Å². The van der Waals surface area contributed by atoms with Crippen LogP contribution < -0.4 is 24.6 Å². The third kappa shape index (κ3) is 6.47. The summed E-state index contributed by atoms with van der Waals surface area (Å²) in [5.41, 5.74) is 6.14. The summed E-state index contributed by atoms with van der Waals surface area (Å²) >= 11 is 1.28. The zero-order valence-corrected chi connectivity index (χ0v) is 21.5. The van der Waals surface area contributed by atoms with E-state index in [1.807, 2.05) is 60.0 Å². The number of thioether (sulfide) groups is 1. The molecule has 0 fully saturated rings. The van der Waals surface area contributed by atoms with Crippen molar-refractivity contribution >= 4 is 23.9 Å². The molecule has 0 unspecified atom stereocenters. The highest BCUT2D eigenvalue weighted by molar-refractivity contribution is 7.99. The largest absolute Gasteiger partial charge is 0.870 e. The topological polar surface area (TPSA) is 116 Å². The molecule has 37 heavy (non-hydrogen) atoms. The molecule has 0 atom stereocenters. The molecule has 9 nitrogen and oxygen atoms in total. The lowest BCUT2D eigenvalue weighted by Crippen LogP contribution is -2.34. The van der Waals surface area contributed by atoms with Crippen molar-refractivity contribution in [1.82, 2.24) is 15.6 Å². The molecule has 0 aliphatic carbocycles. The van der Waals surface area contributed by atoms with Gasteiger partial charge in [0.1, 0.15) is 17.2 Å². The standard InChI is InChI=1S/C27H27N5O4S/c1-4-36-24-15-19(7-14-23(24)33)16-28-29-25(34)17-37-27-31-30-26(20-8-12-22(35-3)13-9-20)32(27)21-10-5-18(2)6-11-21/h5-16H,4,17H2,1-3H3,(H2,28,29,33,34). The number of hydrogen-bond acceptors (Lipinski definition) is 7. The van der Waals surface area contributed by atoms with Crippen LogP contribution in [0.3, 0.4) is 0 Å². The number of benzene rings is 3. The van der Waals surface area contributed by atoms with E-state index in [4.69, 9.17) is 9.47 Å². The molecule has 2 N–H and O–H groups in total. The number of rotatable bonds is 10. The van der Waals surface area contributed by atoms with E-state index in [-0.39, 0.29) is 23.2 Å². The molecule has 0 bridgehead atoms. The first-order chi connectivity index (χ1) is 18.0. The van der Waals surface area contributed by atoms with E-state index >= 15 is 0 Å². The molecule has 4 aromatic rings. The Kier molecular flexibility index (Phi) is 8.42. The number of ether oxygens (including phenoxy) is 2. The second-order valence-electron chi connectivity index (χ2n) is 7.98. The molecule has 0 spiro atoms. The number of H-pyrrole nitrogens is 1. The van der Waals surface area contributed by atoms with Gasteiger partial charge in [0.15, 0.2) is 0 Å². The molecule has 3 aromatic carbocycles. The molecule has 190 valence electrons. The Balaban J connectivity index is 1.48. The third-order valence-electron chi connectivity index (χ3n) is 5.33. The van der Waals surface area contributed by atoms with E-state index in [1.54, 1.807) is 26.2 Å². The maximum absolute atomic E-state index is 12.5. The van der Waals surface area contributed by atoms with Crippen LogP contribution in [0.2, 0.25) is 0 Å². The van der Waals surface area contributed by atoms with Crippen LogP contribution in [0.1, 0.15) is 18.1 Å². The smallest absolute Gasteiger partial charge is 0.342 e. The van der Waals surface area contributed by atoms with Crippen molar-refractivity contribution in [2.24, 2.45) is 5.10 Å². The number of nitrogens with zero attached hydrogens (tertiary/aromatic N) is 3. The number of aromatic nitrogens is 3. The van der Waals surface area contributed by atoms with Crippen molar-refractivity contribution in [3.05, 3.63) is 77.9 Å². The summed E-state index contributed by atoms with van der Waals surface area (Å²) in [6, 6.07) is 20.4. The minimum atomic E-state index is -0.295. The summed E-state index contributed by atoms with van der Waals surface area (Å²) in [6.45, 7) is 4.22. The van der Waals surface area contributed by atoms with Gasteiger partial charge in [-0.2, -0.15) is 9.67 Å². The molecule has 0 aliphatic rings. The van der Waals surface area contributed by atoms with Crippen LogP contribution in [-0.2, 0) is 4.79 Å². The Morgan fingerprint density at radius 2 is 1.92 bits per heavy atom. The Morgan fingerprint density at radius 1 is 1.16 bits per heavy atom. The van der Waals surface area contributed by atoms with Crippen LogP contribution in [0.4, 0.5) is 0 Å². The fourth-order valence-electron chi connectivity index (χ4n) is 3.48. The first-order valence-electron chi connectivity index (χ1n) is 11.6. The van der Waals surface area contributed by atoms with Gasteiger partial charge in [-0.05, 0) is 73.6 Å². The highest BCUT2D eigenvalue weighted by Crippen LogP contribution is 2.24. The van der Waals surface area contributed by atoms with Crippen molar-refractivity contribution in [2.45, 2.75) is 19.0 Å². The van der Waals surface area contributed by atoms with Gasteiger partial charge in [-0.15, -0.1) is 5.10 Å². The summed E-state index contributed by atoms with van der Waals surface area (Å²) in [5.74, 6) is 1.39. The van der Waals surface area contributed by atoms with Gasteiger partial charge < -0.3 is 14.6 Å². The van der Waals surface area contributed by atoms with Gasteiger partial charge in [-0.3, -0.25) is 4.79 Å². The normalized spacial score (nSPS) is 11.0. The number of nitrogens with one attached hydrogen (secondary N) is 2. The Bertz CT molecular complexity index is 1390. The lowest BCUT2D eigenvalue weighted by molar-refractivity contribution is -0.625. The van der Waals surface area contributed by atoms with Gasteiger partial charge in [0.25, 0.3) is 11.7 Å². The fourth-order valence-corrected chi connectivity index (χ4v) is 4.24. The van der Waals surface area contributed by atoms with Crippen molar-refractivity contribution < 1.29 is 23.9 Å². The van der Waals surface area contributed by atoms with Crippen LogP contribution in [0, 0.1) is 6.92 Å². The van der Waals surface area contributed by atoms with Gasteiger partial charge in [0.2, 0.25) is 0 Å². The van der Waals surface area contributed by atoms with Gasteiger partial charge in [-0.1, -0.05) is 35.6 Å². The number of methoxy groups -OCH3 is 1. The lowest BCUT2D eigenvalue weighted by atomic mass is 10.2. The number of hydrogen-bond donors (Lipinski definition) is 2. The Hall–Kier alpha value is -4.31. The van der Waals surface area contributed by atoms with Gasteiger partial charge >= 0.3 is 5.16 Å². The predicted molar refractivity (Wildman–Crippen MR) is 140 cm³/mol. The number of amides is 1. The van der Waals surface area contributed by atoms with Crippen molar-refractivity contribution in [3.8, 4) is 34.3 Å². The molecule has 0 saturated carbocycles. The molecule has 1 heterocycles. The minimum Gasteiger partial charge on any atom is -0.870 e. The number of carbonyl (C=O) groups excluding carboxylic acids is 1. The molecular weight excluding hydrogens is 490 g/mol. The molecular formula is C27H27N5O4S. The van der Waals surface area contributed by atoms with Crippen molar-refractivity contribution in [1.29, 1.82) is 0 Å². The van der Waals surface area contributed by atoms with E-state index < -0.39 is 0 Å². The average Bonchev–Trinajstić information content (AvgIpc) is 3.34. The fraction of sp³-hybridized carbons (Fsp3) is 0.185. The van der Waals surface area contributed by atoms with E-state index in [1.165, 1.54) is 24.0 Å². The third-order valence-corrected chi connectivity index (χ3v) is 6.27. The summed E-state index contributed by atoms with van der Waals surface area (Å²) in [4.78, 5) is 12.5. The Morgan fingerprint density at radius 3 is 2.62 bits per heavy atom. The van der Waals surface area contributed by atoms with Crippen molar-refractivity contribution in [2.75, 3.05) is 19.5 Å². The number of hydrazone groups is 1. The molecule has 4 rings (SSSR count). The number of carbonyl (C=O) groups is 1. The molecule has 0 aliphatic heterocycles. The van der Waals surface area contributed by atoms with Gasteiger partial charge in [-0.25, -0.2) is 5.43 Å². The monoisotopic (exact) mass is 517 g/mol. The molecule has 0 radical (unpaired) electrons. The zero-order valence-electron chi connectivity index (χ0n) is 20.7. The molecule has 1 amide bonds. The van der Waals surface area contributed by atoms with E-state index in [2.05, 4.69) is 20.7 Å². The summed E-state index contributed by atoms with van der Waals surface area (Å²) in [7, 11) is 1.63. The average molecular weight is 518 g/mol. The number of aromatic amines is 1. The van der Waals surface area contributed by atoms with Crippen LogP contribution in [0.15, 0.2) is 77.0 Å². The number of aryl methyl sites for hydroxylation is 1. The van der Waals surface area contributed by atoms with Crippen LogP contribution in [0.5, 0.6) is 17.2 Å². The highest BCUT2D eigenvalue weighted by Gasteiger charge is 2.24. The zero-order chi connectivity index (χ0) is 26.2. The summed E-state index contributed by atoms with van der Waals surface area (Å²) < 4.78 is 12.6. The van der Waals surface area contributed by atoms with Crippen LogP contribution in [0.25, 0.3) is 17.1 Å². The second-order valence-corrected chi connectivity index (χ2v) is 8.92. The predicted octanol–water partition coefficient (Wildman–Crippen LogP) is 3.39. The summed E-state index contributed by atoms with van der Waals surface area (Å²) in [6.07, 6.45) is 1.47. The molecule has 10 heteroatoms. The van der Waals surface area contributed by atoms with E-state index in [9.17, 15) is 9.90 Å². The van der Waals surface area contributed by atoms with Gasteiger partial charge in [0.05, 0.1) is 36.3 Å². The summed E-state index contributed by atoms with van der Waals surface area (Å²) in [5, 5.41) is 24.0. The van der Waals surface area contributed by atoms with E-state index in [0.29, 0.717) is 17.3 Å². The first-order valence-corrected chi connectivity index (χ1v) is 12.6. The molecule has 0 saturated heterocycles. The van der Waals surface area contributed by atoms with E-state index in [0.717, 1.165) is 28.4 Å². The van der Waals surface area contributed by atoms with Crippen LogP contribution >= 0.6 is 11.8 Å². The van der Waals surface area contributed by atoms with Crippen molar-refractivity contribution in [3.63, 3.8) is 0 Å². The second kappa shape index (κ2) is 12.1. The minimum absolute atomic E-state index is 0.0970. The maximum atomic E-state index is 12.5. The van der Waals surface area contributed by atoms with Gasteiger partial charge in [0, 0.05) is 0 Å². The highest BCUT2D eigenvalue weighted by atomic mass is 32.2. The SMILES string of the molecule is CCOc1cc(C=NNC(=O)CSc2n[nH]c(-c3ccc(OC)cc3)[n+]2-c2ccc(C)cc2)ccc1[O-]. The quantitative estimate of drug-likeness (QED) is 0.144. The lowest BCUT2D eigenvalue weighted by Gasteiger charge is -2.13. The first kappa shape index (κ1) is 25.8.